The van der Waals surface area contributed by atoms with Gasteiger partial charge in [-0.15, -0.1) is 5.10 Å². The highest BCUT2D eigenvalue weighted by atomic mass is 35.5. The molecule has 1 fully saturated rings. The zero-order chi connectivity index (χ0) is 20.4. The molecule has 1 aliphatic heterocycles. The highest BCUT2D eigenvalue weighted by Gasteiger charge is 2.33. The maximum absolute atomic E-state index is 12.8. The van der Waals surface area contributed by atoms with Crippen molar-refractivity contribution in [3.05, 3.63) is 57.0 Å². The molecule has 4 rings (SSSR count). The number of hydrogen-bond acceptors (Lipinski definition) is 6. The summed E-state index contributed by atoms with van der Waals surface area (Å²) in [6.07, 6.45) is 3.34. The van der Waals surface area contributed by atoms with Crippen LogP contribution < -0.4 is 15.8 Å². The molecule has 29 heavy (non-hydrogen) atoms. The summed E-state index contributed by atoms with van der Waals surface area (Å²) in [6.45, 7) is 3.20. The molecule has 1 aliphatic rings. The molecule has 9 heteroatoms. The van der Waals surface area contributed by atoms with Gasteiger partial charge in [0.25, 0.3) is 5.56 Å². The quantitative estimate of drug-likeness (QED) is 0.648. The van der Waals surface area contributed by atoms with E-state index < -0.39 is 0 Å². The summed E-state index contributed by atoms with van der Waals surface area (Å²) in [4.78, 5) is 32.3. The van der Waals surface area contributed by atoms with E-state index >= 15 is 0 Å². The van der Waals surface area contributed by atoms with Crippen LogP contribution in [0.15, 0.2) is 35.1 Å². The number of benzene rings is 1. The Balaban J connectivity index is 1.52. The average Bonchev–Trinajstić information content (AvgIpc) is 3.33. The summed E-state index contributed by atoms with van der Waals surface area (Å²) in [5, 5.41) is 8.74. The van der Waals surface area contributed by atoms with Crippen molar-refractivity contribution in [2.75, 3.05) is 11.4 Å². The fourth-order valence-corrected chi connectivity index (χ4v) is 4.78. The molecule has 152 valence electrons. The first kappa shape index (κ1) is 19.8. The monoisotopic (exact) mass is 431 g/mol. The number of nitrogens with one attached hydrogen (secondary N) is 1. The van der Waals surface area contributed by atoms with E-state index in [4.69, 9.17) is 11.6 Å². The minimum atomic E-state index is -0.305. The Morgan fingerprint density at radius 3 is 3.03 bits per heavy atom. The molecule has 0 saturated carbocycles. The summed E-state index contributed by atoms with van der Waals surface area (Å²) < 4.78 is 1.33. The average molecular weight is 432 g/mol. The maximum atomic E-state index is 12.8. The molecule has 1 saturated heterocycles. The number of aromatic nitrogens is 3. The first-order valence-electron chi connectivity index (χ1n) is 9.73. The van der Waals surface area contributed by atoms with Gasteiger partial charge in [-0.1, -0.05) is 48.4 Å². The van der Waals surface area contributed by atoms with Crippen molar-refractivity contribution >= 4 is 38.9 Å². The minimum Gasteiger partial charge on any atom is -0.350 e. The number of hydrogen-bond donors (Lipinski definition) is 1. The van der Waals surface area contributed by atoms with Crippen molar-refractivity contribution in [2.24, 2.45) is 0 Å². The topological polar surface area (TPSA) is 79.6 Å². The lowest BCUT2D eigenvalue weighted by Gasteiger charge is -2.22. The first-order valence-corrected chi connectivity index (χ1v) is 10.9. The van der Waals surface area contributed by atoms with Gasteiger partial charge < -0.3 is 10.2 Å². The van der Waals surface area contributed by atoms with Crippen molar-refractivity contribution in [3.63, 3.8) is 0 Å². The molecule has 1 aromatic carbocycles. The lowest BCUT2D eigenvalue weighted by Crippen LogP contribution is -2.43. The molecule has 1 amide bonds. The molecule has 7 nitrogen and oxygen atoms in total. The van der Waals surface area contributed by atoms with Crippen LogP contribution in [0, 0.1) is 0 Å². The Morgan fingerprint density at radius 2 is 2.24 bits per heavy atom. The number of halogens is 1. The van der Waals surface area contributed by atoms with E-state index in [-0.39, 0.29) is 17.5 Å². The van der Waals surface area contributed by atoms with Crippen LogP contribution in [0.5, 0.6) is 0 Å². The smallest absolute Gasteiger partial charge is 0.275 e. The number of fused-ring (bicyclic) bond motifs is 1. The van der Waals surface area contributed by atoms with Gasteiger partial charge in [-0.3, -0.25) is 9.59 Å². The highest BCUT2D eigenvalue weighted by Crippen LogP contribution is 2.29. The summed E-state index contributed by atoms with van der Waals surface area (Å²) in [5.74, 6) is -0.0475. The second kappa shape index (κ2) is 8.51. The highest BCUT2D eigenvalue weighted by molar-refractivity contribution is 7.20. The van der Waals surface area contributed by atoms with Crippen molar-refractivity contribution < 1.29 is 4.79 Å². The third-order valence-corrected chi connectivity index (χ3v) is 6.13. The van der Waals surface area contributed by atoms with Crippen LogP contribution in [0.3, 0.4) is 0 Å². The van der Waals surface area contributed by atoms with Gasteiger partial charge >= 0.3 is 0 Å². The van der Waals surface area contributed by atoms with E-state index in [1.54, 1.807) is 12.1 Å². The van der Waals surface area contributed by atoms with E-state index in [2.05, 4.69) is 22.3 Å². The maximum Gasteiger partial charge on any atom is 0.275 e. The van der Waals surface area contributed by atoms with Gasteiger partial charge in [0.05, 0.1) is 0 Å². The largest absolute Gasteiger partial charge is 0.350 e. The molecule has 0 radical (unpaired) electrons. The Bertz CT molecular complexity index is 1100. The van der Waals surface area contributed by atoms with Crippen LogP contribution in [-0.4, -0.2) is 33.1 Å². The standard InChI is InChI=1S/C20H22ClN5O2S/c1-2-5-15-11-17(27)26-19(23-15)29-20(24-26)25-9-4-8-16(25)18(28)22-12-13-6-3-7-14(21)10-13/h3,6-7,10-11,16H,2,4-5,8-9,12H2,1H3,(H,22,28)/t16-/m0/s1. The molecule has 1 N–H and O–H groups in total. The normalized spacial score (nSPS) is 16.5. The molecule has 0 unspecified atom stereocenters. The minimum absolute atomic E-state index is 0.0475. The number of anilines is 1. The van der Waals surface area contributed by atoms with Crippen LogP contribution >= 0.6 is 22.9 Å². The zero-order valence-corrected chi connectivity index (χ0v) is 17.7. The van der Waals surface area contributed by atoms with Crippen LogP contribution in [0.1, 0.15) is 37.4 Å². The van der Waals surface area contributed by atoms with Gasteiger partial charge in [-0.25, -0.2) is 4.98 Å². The Labute approximate surface area is 177 Å². The number of carbonyl (C=O) groups excluding carboxylic acids is 1. The molecule has 0 aliphatic carbocycles. The predicted molar refractivity (Wildman–Crippen MR) is 115 cm³/mol. The molecular formula is C20H22ClN5O2S. The molecule has 3 heterocycles. The second-order valence-electron chi connectivity index (χ2n) is 7.11. The summed E-state index contributed by atoms with van der Waals surface area (Å²) in [5.41, 5.74) is 1.56. The van der Waals surface area contributed by atoms with Crippen molar-refractivity contribution in [3.8, 4) is 0 Å². The molecule has 3 aromatic rings. The van der Waals surface area contributed by atoms with Gasteiger partial charge in [0, 0.05) is 29.9 Å². The molecular weight excluding hydrogens is 410 g/mol. The molecule has 0 spiro atoms. The van der Waals surface area contributed by atoms with E-state index in [0.717, 1.165) is 43.5 Å². The van der Waals surface area contributed by atoms with Crippen LogP contribution in [0.4, 0.5) is 5.13 Å². The molecule has 2 aromatic heterocycles. The van der Waals surface area contributed by atoms with Gasteiger partial charge in [-0.05, 0) is 37.0 Å². The lowest BCUT2D eigenvalue weighted by atomic mass is 10.2. The van der Waals surface area contributed by atoms with Crippen molar-refractivity contribution in [2.45, 2.75) is 45.2 Å². The summed E-state index contributed by atoms with van der Waals surface area (Å²) in [6, 6.07) is 8.68. The number of nitrogens with zero attached hydrogens (tertiary/aromatic N) is 4. The van der Waals surface area contributed by atoms with E-state index in [9.17, 15) is 9.59 Å². The SMILES string of the molecule is CCCc1cc(=O)n2nc(N3CCC[C@H]3C(=O)NCc3cccc(Cl)c3)sc2n1. The first-order chi connectivity index (χ1) is 14.0. The van der Waals surface area contributed by atoms with Crippen LogP contribution in [0.25, 0.3) is 4.96 Å². The van der Waals surface area contributed by atoms with E-state index in [1.165, 1.54) is 15.9 Å². The van der Waals surface area contributed by atoms with Gasteiger partial charge in [0.15, 0.2) is 0 Å². The van der Waals surface area contributed by atoms with Crippen LogP contribution in [0.2, 0.25) is 5.02 Å². The fourth-order valence-electron chi connectivity index (χ4n) is 3.57. The summed E-state index contributed by atoms with van der Waals surface area (Å²) in [7, 11) is 0. The van der Waals surface area contributed by atoms with Gasteiger partial charge in [-0.2, -0.15) is 4.52 Å². The molecule has 0 bridgehead atoms. The predicted octanol–water partition coefficient (Wildman–Crippen LogP) is 3.04. The Morgan fingerprint density at radius 1 is 1.38 bits per heavy atom. The number of carbonyl (C=O) groups is 1. The van der Waals surface area contributed by atoms with Gasteiger partial charge in [0.2, 0.25) is 16.0 Å². The number of rotatable bonds is 6. The van der Waals surface area contributed by atoms with Crippen molar-refractivity contribution in [1.29, 1.82) is 0 Å². The lowest BCUT2D eigenvalue weighted by molar-refractivity contribution is -0.122. The number of aryl methyl sites for hydroxylation is 1. The Hall–Kier alpha value is -2.45. The van der Waals surface area contributed by atoms with Crippen molar-refractivity contribution in [1.82, 2.24) is 19.9 Å². The van der Waals surface area contributed by atoms with E-state index in [1.807, 2.05) is 23.1 Å². The van der Waals surface area contributed by atoms with Gasteiger partial charge in [0.1, 0.15) is 6.04 Å². The fraction of sp³-hybridized carbons (Fsp3) is 0.400. The third kappa shape index (κ3) is 4.28. The third-order valence-electron chi connectivity index (χ3n) is 4.95. The second-order valence-corrected chi connectivity index (χ2v) is 8.48. The van der Waals surface area contributed by atoms with Crippen LogP contribution in [-0.2, 0) is 17.8 Å². The molecule has 1 atom stereocenters. The Kier molecular flexibility index (Phi) is 5.82. The number of amides is 1. The van der Waals surface area contributed by atoms with E-state index in [0.29, 0.717) is 21.7 Å². The summed E-state index contributed by atoms with van der Waals surface area (Å²) >= 11 is 7.37. The zero-order valence-electron chi connectivity index (χ0n) is 16.1.